The van der Waals surface area contributed by atoms with Crippen molar-refractivity contribution >= 4 is 16.1 Å². The highest BCUT2D eigenvalue weighted by atomic mass is 32.2. The van der Waals surface area contributed by atoms with Gasteiger partial charge in [-0.25, -0.2) is 17.9 Å². The van der Waals surface area contributed by atoms with Crippen LogP contribution in [0.25, 0.3) is 0 Å². The maximum Gasteiger partial charge on any atom is 0.317 e. The van der Waals surface area contributed by atoms with Crippen molar-refractivity contribution < 1.29 is 13.2 Å². The van der Waals surface area contributed by atoms with Crippen molar-refractivity contribution in [1.29, 1.82) is 0 Å². The first kappa shape index (κ1) is 27.4. The van der Waals surface area contributed by atoms with Gasteiger partial charge in [-0.1, -0.05) is 89.5 Å². The molecule has 1 heterocycles. The van der Waals surface area contributed by atoms with Crippen molar-refractivity contribution in [3.05, 3.63) is 29.3 Å². The molecule has 0 radical (unpaired) electrons. The van der Waals surface area contributed by atoms with E-state index in [2.05, 4.69) is 10.0 Å². The summed E-state index contributed by atoms with van der Waals surface area (Å²) in [5.41, 5.74) is 2.11. The Bertz CT molecular complexity index is 929. The number of urea groups is 1. The van der Waals surface area contributed by atoms with E-state index in [4.69, 9.17) is 0 Å². The highest BCUT2D eigenvalue weighted by Gasteiger charge is 2.26. The monoisotopic (exact) mass is 517 g/mol. The molecular weight excluding hydrogens is 470 g/mol. The summed E-state index contributed by atoms with van der Waals surface area (Å²) in [7, 11) is -3.54. The molecule has 2 saturated carbocycles. The average Bonchev–Trinajstić information content (AvgIpc) is 3.01. The second kappa shape index (κ2) is 13.8. The molecule has 0 bridgehead atoms. The molecule has 202 valence electrons. The SMILES string of the molecule is O=C(NC1CCCCCCCCC1)N1CCc2cc(S(=O)(=O)NC3CCCCCCCC3)ccc2C1. The smallest absolute Gasteiger partial charge is 0.317 e. The lowest BCUT2D eigenvalue weighted by atomic mass is 9.97. The fraction of sp³-hybridized carbons (Fsp3) is 0.759. The van der Waals surface area contributed by atoms with Crippen LogP contribution in [0.5, 0.6) is 0 Å². The molecule has 1 aromatic carbocycles. The van der Waals surface area contributed by atoms with Crippen LogP contribution in [-0.4, -0.2) is 38.0 Å². The number of hydrogen-bond donors (Lipinski definition) is 2. The number of fused-ring (bicyclic) bond motifs is 1. The zero-order valence-electron chi connectivity index (χ0n) is 22.1. The molecule has 1 aliphatic heterocycles. The lowest BCUT2D eigenvalue weighted by Crippen LogP contribution is -2.46. The van der Waals surface area contributed by atoms with E-state index in [0.717, 1.165) is 49.7 Å². The topological polar surface area (TPSA) is 78.5 Å². The fourth-order valence-electron chi connectivity index (χ4n) is 6.13. The fourth-order valence-corrected chi connectivity index (χ4v) is 7.48. The van der Waals surface area contributed by atoms with Crippen LogP contribution in [0, 0.1) is 0 Å². The molecule has 2 amide bonds. The minimum absolute atomic E-state index is 0.0290. The summed E-state index contributed by atoms with van der Waals surface area (Å²) in [6.45, 7) is 1.18. The largest absolute Gasteiger partial charge is 0.335 e. The van der Waals surface area contributed by atoms with Gasteiger partial charge in [0.05, 0.1) is 4.90 Å². The van der Waals surface area contributed by atoms with Gasteiger partial charge in [-0.15, -0.1) is 0 Å². The number of sulfonamides is 1. The van der Waals surface area contributed by atoms with Crippen LogP contribution >= 0.6 is 0 Å². The number of amides is 2. The van der Waals surface area contributed by atoms with Gasteiger partial charge < -0.3 is 10.2 Å². The molecule has 0 spiro atoms. The van der Waals surface area contributed by atoms with Crippen molar-refractivity contribution in [2.24, 2.45) is 0 Å². The predicted octanol–water partition coefficient (Wildman–Crippen LogP) is 6.43. The number of carbonyl (C=O) groups excluding carboxylic acids is 1. The van der Waals surface area contributed by atoms with Gasteiger partial charge in [0.1, 0.15) is 0 Å². The Morgan fingerprint density at radius 1 is 0.722 bits per heavy atom. The zero-order valence-corrected chi connectivity index (χ0v) is 22.9. The van der Waals surface area contributed by atoms with E-state index >= 15 is 0 Å². The highest BCUT2D eigenvalue weighted by Crippen LogP contribution is 2.25. The number of hydrogen-bond acceptors (Lipinski definition) is 3. The lowest BCUT2D eigenvalue weighted by Gasteiger charge is -2.31. The Morgan fingerprint density at radius 3 is 1.83 bits per heavy atom. The minimum atomic E-state index is -3.54. The second-order valence-corrected chi connectivity index (χ2v) is 13.0. The molecule has 2 N–H and O–H groups in total. The van der Waals surface area contributed by atoms with Crippen LogP contribution in [0.1, 0.15) is 120 Å². The first-order chi connectivity index (χ1) is 17.5. The molecular formula is C29H47N3O3S. The molecule has 2 fully saturated rings. The van der Waals surface area contributed by atoms with Crippen LogP contribution in [0.4, 0.5) is 4.79 Å². The van der Waals surface area contributed by atoms with Gasteiger partial charge in [-0.3, -0.25) is 0 Å². The molecule has 0 unspecified atom stereocenters. The van der Waals surface area contributed by atoms with E-state index in [0.29, 0.717) is 24.4 Å². The average molecular weight is 518 g/mol. The Morgan fingerprint density at radius 2 is 1.25 bits per heavy atom. The third-order valence-corrected chi connectivity index (χ3v) is 9.92. The standard InChI is InChI=1S/C29H47N3O3S/c33-29(30-26-14-10-6-2-1-3-7-11-15-26)32-21-20-24-22-28(19-18-25(24)23-32)36(34,35)31-27-16-12-8-4-5-9-13-17-27/h18-19,22,26-27,31H,1-17,20-21,23H2,(H,30,33). The van der Waals surface area contributed by atoms with Crippen molar-refractivity contribution in [2.75, 3.05) is 6.54 Å². The summed E-state index contributed by atoms with van der Waals surface area (Å²) < 4.78 is 29.4. The Hall–Kier alpha value is -1.60. The maximum atomic E-state index is 13.2. The summed E-state index contributed by atoms with van der Waals surface area (Å²) in [5.74, 6) is 0. The number of rotatable bonds is 4. The molecule has 0 atom stereocenters. The van der Waals surface area contributed by atoms with Crippen molar-refractivity contribution in [1.82, 2.24) is 14.9 Å². The van der Waals surface area contributed by atoms with Crippen molar-refractivity contribution in [2.45, 2.75) is 139 Å². The quantitative estimate of drug-likeness (QED) is 0.483. The van der Waals surface area contributed by atoms with Gasteiger partial charge in [0.2, 0.25) is 10.0 Å². The van der Waals surface area contributed by atoms with Crippen LogP contribution in [-0.2, 0) is 23.0 Å². The summed E-state index contributed by atoms with van der Waals surface area (Å²) >= 11 is 0. The van der Waals surface area contributed by atoms with E-state index in [1.165, 1.54) is 70.6 Å². The molecule has 36 heavy (non-hydrogen) atoms. The van der Waals surface area contributed by atoms with Crippen LogP contribution < -0.4 is 10.0 Å². The van der Waals surface area contributed by atoms with Gasteiger partial charge in [-0.05, 0) is 55.4 Å². The lowest BCUT2D eigenvalue weighted by molar-refractivity contribution is 0.186. The summed E-state index contributed by atoms with van der Waals surface area (Å²) in [4.78, 5) is 15.3. The molecule has 4 rings (SSSR count). The van der Waals surface area contributed by atoms with Crippen LogP contribution in [0.2, 0.25) is 0 Å². The number of carbonyl (C=O) groups is 1. The molecule has 3 aliphatic rings. The van der Waals surface area contributed by atoms with E-state index in [1.54, 1.807) is 6.07 Å². The van der Waals surface area contributed by atoms with Crippen LogP contribution in [0.15, 0.2) is 23.1 Å². The molecule has 0 aromatic heterocycles. The normalized spacial score (nSPS) is 22.1. The third-order valence-electron chi connectivity index (χ3n) is 8.40. The van der Waals surface area contributed by atoms with Crippen LogP contribution in [0.3, 0.4) is 0 Å². The van der Waals surface area contributed by atoms with E-state index < -0.39 is 10.0 Å². The second-order valence-electron chi connectivity index (χ2n) is 11.3. The van der Waals surface area contributed by atoms with Gasteiger partial charge in [0, 0.05) is 25.2 Å². The number of benzene rings is 1. The number of nitrogens with zero attached hydrogens (tertiary/aromatic N) is 1. The Labute approximate surface area is 219 Å². The molecule has 6 nitrogen and oxygen atoms in total. The number of nitrogens with one attached hydrogen (secondary N) is 2. The molecule has 7 heteroatoms. The molecule has 0 saturated heterocycles. The van der Waals surface area contributed by atoms with Gasteiger partial charge in [-0.2, -0.15) is 0 Å². The first-order valence-electron chi connectivity index (χ1n) is 14.7. The highest BCUT2D eigenvalue weighted by molar-refractivity contribution is 7.89. The van der Waals surface area contributed by atoms with Gasteiger partial charge in [0.25, 0.3) is 0 Å². The predicted molar refractivity (Wildman–Crippen MR) is 145 cm³/mol. The molecule has 1 aromatic rings. The van der Waals surface area contributed by atoms with Crippen molar-refractivity contribution in [3.8, 4) is 0 Å². The Kier molecular flexibility index (Phi) is 10.5. The van der Waals surface area contributed by atoms with Crippen molar-refractivity contribution in [3.63, 3.8) is 0 Å². The summed E-state index contributed by atoms with van der Waals surface area (Å²) in [6, 6.07) is 5.80. The van der Waals surface area contributed by atoms with E-state index in [9.17, 15) is 13.2 Å². The maximum absolute atomic E-state index is 13.2. The zero-order chi connectivity index (χ0) is 25.2. The first-order valence-corrected chi connectivity index (χ1v) is 16.2. The van der Waals surface area contributed by atoms with E-state index in [-0.39, 0.29) is 18.1 Å². The Balaban J connectivity index is 1.34. The molecule has 2 aliphatic carbocycles. The third kappa shape index (κ3) is 8.20. The van der Waals surface area contributed by atoms with Gasteiger partial charge in [0.15, 0.2) is 0 Å². The van der Waals surface area contributed by atoms with Gasteiger partial charge >= 0.3 is 6.03 Å². The van der Waals surface area contributed by atoms with E-state index in [1.807, 2.05) is 17.0 Å². The summed E-state index contributed by atoms with van der Waals surface area (Å²) in [6.07, 6.45) is 20.7. The minimum Gasteiger partial charge on any atom is -0.335 e. The summed E-state index contributed by atoms with van der Waals surface area (Å²) in [5, 5.41) is 3.31.